The zero-order chi connectivity index (χ0) is 12.8. The number of aliphatic imine (C=N–C) groups is 1. The third-order valence-corrected chi connectivity index (χ3v) is 2.24. The molecule has 0 aromatic heterocycles. The van der Waals surface area contributed by atoms with Crippen LogP contribution in [-0.4, -0.2) is 41.0 Å². The summed E-state index contributed by atoms with van der Waals surface area (Å²) in [5.74, 6) is -2.00. The molecular formula is C11H14N2O4. The Labute approximate surface area is 98.4 Å². The fourth-order valence-corrected chi connectivity index (χ4v) is 1.25. The fourth-order valence-electron chi connectivity index (χ4n) is 1.25. The van der Waals surface area contributed by atoms with Crippen LogP contribution in [0.25, 0.3) is 0 Å². The molecule has 0 radical (unpaired) electrons. The first kappa shape index (κ1) is 13.0. The molecule has 1 heterocycles. The van der Waals surface area contributed by atoms with Gasteiger partial charge in [0, 0.05) is 12.8 Å². The molecule has 1 aliphatic rings. The Bertz CT molecular complexity index is 410. The van der Waals surface area contributed by atoms with Crippen LogP contribution in [0.2, 0.25) is 0 Å². The number of carboxylic acid groups (broad SMARTS) is 2. The van der Waals surface area contributed by atoms with Gasteiger partial charge in [-0.2, -0.15) is 0 Å². The van der Waals surface area contributed by atoms with E-state index in [4.69, 9.17) is 10.2 Å². The summed E-state index contributed by atoms with van der Waals surface area (Å²) in [6.07, 6.45) is 5.23. The highest BCUT2D eigenvalue weighted by Gasteiger charge is 2.12. The van der Waals surface area contributed by atoms with Crippen LogP contribution in [0.15, 0.2) is 28.4 Å². The minimum absolute atomic E-state index is 0.141. The third kappa shape index (κ3) is 4.10. The van der Waals surface area contributed by atoms with E-state index in [1.54, 1.807) is 6.08 Å². The topological polar surface area (TPSA) is 99.0 Å². The molecule has 0 aliphatic carbocycles. The number of allylic oxidation sites excluding steroid dienone is 2. The maximum atomic E-state index is 10.7. The summed E-state index contributed by atoms with van der Waals surface area (Å²) in [7, 11) is 0. The number of rotatable bonds is 4. The lowest BCUT2D eigenvalue weighted by atomic mass is 10.1. The second-order valence-electron chi connectivity index (χ2n) is 3.59. The van der Waals surface area contributed by atoms with E-state index in [0.717, 1.165) is 5.57 Å². The molecule has 0 aromatic carbocycles. The van der Waals surface area contributed by atoms with Crippen LogP contribution >= 0.6 is 0 Å². The number of hydrogen-bond acceptors (Lipinski definition) is 4. The number of nitrogens with zero attached hydrogens (tertiary/aromatic N) is 1. The van der Waals surface area contributed by atoms with Gasteiger partial charge in [-0.3, -0.25) is 4.99 Å². The van der Waals surface area contributed by atoms with Crippen LogP contribution in [-0.2, 0) is 9.59 Å². The van der Waals surface area contributed by atoms with Crippen LogP contribution in [0.3, 0.4) is 0 Å². The average molecular weight is 238 g/mol. The van der Waals surface area contributed by atoms with E-state index in [0.29, 0.717) is 13.0 Å². The molecule has 0 saturated carbocycles. The fraction of sp³-hybridized carbons (Fsp3) is 0.364. The predicted molar refractivity (Wildman–Crippen MR) is 62.0 cm³/mol. The SMILES string of the molecule is CC(N=CC=C1C=C(C(=O)O)NCC1)C(=O)O. The first-order valence-corrected chi connectivity index (χ1v) is 5.14. The summed E-state index contributed by atoms with van der Waals surface area (Å²) < 4.78 is 0. The Balaban J connectivity index is 2.70. The van der Waals surface area contributed by atoms with E-state index in [1.165, 1.54) is 19.2 Å². The Morgan fingerprint density at radius 3 is 2.82 bits per heavy atom. The molecule has 0 aromatic rings. The molecule has 1 unspecified atom stereocenters. The van der Waals surface area contributed by atoms with Crippen molar-refractivity contribution >= 4 is 18.2 Å². The molecule has 0 saturated heterocycles. The van der Waals surface area contributed by atoms with E-state index in [9.17, 15) is 9.59 Å². The zero-order valence-electron chi connectivity index (χ0n) is 9.38. The highest BCUT2D eigenvalue weighted by atomic mass is 16.4. The van der Waals surface area contributed by atoms with Gasteiger partial charge in [-0.15, -0.1) is 0 Å². The molecule has 0 amide bonds. The van der Waals surface area contributed by atoms with Crippen molar-refractivity contribution in [3.63, 3.8) is 0 Å². The zero-order valence-corrected chi connectivity index (χ0v) is 9.38. The van der Waals surface area contributed by atoms with Crippen molar-refractivity contribution in [1.29, 1.82) is 0 Å². The summed E-state index contributed by atoms with van der Waals surface area (Å²) in [5.41, 5.74) is 0.949. The van der Waals surface area contributed by atoms with Gasteiger partial charge >= 0.3 is 11.9 Å². The number of carboxylic acids is 2. The second-order valence-corrected chi connectivity index (χ2v) is 3.59. The molecule has 0 bridgehead atoms. The van der Waals surface area contributed by atoms with Crippen molar-refractivity contribution in [2.24, 2.45) is 4.99 Å². The molecule has 6 nitrogen and oxygen atoms in total. The molecule has 1 rings (SSSR count). The van der Waals surface area contributed by atoms with Crippen molar-refractivity contribution in [2.75, 3.05) is 6.54 Å². The number of nitrogens with one attached hydrogen (secondary N) is 1. The summed E-state index contributed by atoms with van der Waals surface area (Å²) >= 11 is 0. The Hall–Kier alpha value is -2.11. The molecule has 3 N–H and O–H groups in total. The standard InChI is InChI=1S/C11H14N2O4/c1-7(10(14)15)12-4-2-8-3-5-13-9(6-8)11(16)17/h2,4,6-7,13H,3,5H2,1H3,(H,14,15)(H,16,17). The van der Waals surface area contributed by atoms with Crippen LogP contribution in [0, 0.1) is 0 Å². The van der Waals surface area contributed by atoms with Gasteiger partial charge in [-0.05, 0) is 31.1 Å². The quantitative estimate of drug-likeness (QED) is 0.616. The predicted octanol–water partition coefficient (Wildman–Crippen LogP) is 0.418. The van der Waals surface area contributed by atoms with Crippen molar-refractivity contribution in [1.82, 2.24) is 5.32 Å². The van der Waals surface area contributed by atoms with Crippen LogP contribution in [0.4, 0.5) is 0 Å². The van der Waals surface area contributed by atoms with E-state index >= 15 is 0 Å². The van der Waals surface area contributed by atoms with Crippen molar-refractivity contribution in [2.45, 2.75) is 19.4 Å². The number of carbonyl (C=O) groups is 2. The summed E-state index contributed by atoms with van der Waals surface area (Å²) in [4.78, 5) is 25.0. The first-order valence-electron chi connectivity index (χ1n) is 5.14. The van der Waals surface area contributed by atoms with E-state index < -0.39 is 18.0 Å². The van der Waals surface area contributed by atoms with E-state index in [-0.39, 0.29) is 5.70 Å². The number of aliphatic carboxylic acids is 2. The van der Waals surface area contributed by atoms with Crippen LogP contribution in [0.5, 0.6) is 0 Å². The minimum Gasteiger partial charge on any atom is -0.480 e. The lowest BCUT2D eigenvalue weighted by Gasteiger charge is -2.13. The highest BCUT2D eigenvalue weighted by Crippen LogP contribution is 2.10. The third-order valence-electron chi connectivity index (χ3n) is 2.24. The maximum absolute atomic E-state index is 10.7. The first-order chi connectivity index (χ1) is 8.00. The number of hydrogen-bond donors (Lipinski definition) is 3. The van der Waals surface area contributed by atoms with Crippen molar-refractivity contribution in [3.05, 3.63) is 23.4 Å². The van der Waals surface area contributed by atoms with Gasteiger partial charge in [0.2, 0.25) is 0 Å². The van der Waals surface area contributed by atoms with Gasteiger partial charge in [-0.25, -0.2) is 9.59 Å². The highest BCUT2D eigenvalue weighted by molar-refractivity contribution is 5.87. The Kier molecular flexibility index (Phi) is 4.45. The lowest BCUT2D eigenvalue weighted by molar-refractivity contribution is -0.138. The smallest absolute Gasteiger partial charge is 0.351 e. The molecule has 0 spiro atoms. The minimum atomic E-state index is -1.01. The summed E-state index contributed by atoms with van der Waals surface area (Å²) in [5, 5.41) is 20.1. The van der Waals surface area contributed by atoms with Crippen molar-refractivity contribution < 1.29 is 19.8 Å². The second kappa shape index (κ2) is 5.83. The summed E-state index contributed by atoms with van der Waals surface area (Å²) in [6.45, 7) is 2.02. The van der Waals surface area contributed by atoms with Crippen LogP contribution < -0.4 is 5.32 Å². The van der Waals surface area contributed by atoms with Gasteiger partial charge in [-0.1, -0.05) is 0 Å². The molecule has 17 heavy (non-hydrogen) atoms. The normalized spacial score (nSPS) is 19.8. The molecule has 1 aliphatic heterocycles. The largest absolute Gasteiger partial charge is 0.480 e. The Morgan fingerprint density at radius 2 is 2.24 bits per heavy atom. The molecule has 6 heteroatoms. The molecule has 92 valence electrons. The van der Waals surface area contributed by atoms with E-state index in [2.05, 4.69) is 10.3 Å². The summed E-state index contributed by atoms with van der Waals surface area (Å²) in [6, 6.07) is -0.795. The molecule has 0 fully saturated rings. The average Bonchev–Trinajstić information content (AvgIpc) is 2.29. The van der Waals surface area contributed by atoms with E-state index in [1.807, 2.05) is 0 Å². The molecular weight excluding hydrogens is 224 g/mol. The lowest BCUT2D eigenvalue weighted by Crippen LogP contribution is -2.25. The monoisotopic (exact) mass is 238 g/mol. The van der Waals surface area contributed by atoms with Gasteiger partial charge < -0.3 is 15.5 Å². The maximum Gasteiger partial charge on any atom is 0.351 e. The van der Waals surface area contributed by atoms with Gasteiger partial charge in [0.15, 0.2) is 0 Å². The Morgan fingerprint density at radius 1 is 1.53 bits per heavy atom. The van der Waals surface area contributed by atoms with Crippen LogP contribution in [0.1, 0.15) is 13.3 Å². The van der Waals surface area contributed by atoms with Gasteiger partial charge in [0.1, 0.15) is 11.7 Å². The van der Waals surface area contributed by atoms with Crippen molar-refractivity contribution in [3.8, 4) is 0 Å². The van der Waals surface area contributed by atoms with Gasteiger partial charge in [0.25, 0.3) is 0 Å². The van der Waals surface area contributed by atoms with Gasteiger partial charge in [0.05, 0.1) is 0 Å². The molecule has 1 atom stereocenters.